The van der Waals surface area contributed by atoms with E-state index >= 15 is 0 Å². The zero-order valence-electron chi connectivity index (χ0n) is 10.7. The Labute approximate surface area is 102 Å². The molecule has 0 aromatic carbocycles. The summed E-state index contributed by atoms with van der Waals surface area (Å²) >= 11 is 0. The van der Waals surface area contributed by atoms with Crippen molar-refractivity contribution in [1.82, 2.24) is 10.2 Å². The first-order valence-electron chi connectivity index (χ1n) is 5.96. The molecular formula is C12H21N3O2. The third-order valence-corrected chi connectivity index (χ3v) is 3.44. The van der Waals surface area contributed by atoms with Crippen molar-refractivity contribution in [2.45, 2.75) is 26.3 Å². The van der Waals surface area contributed by atoms with Gasteiger partial charge in [0.05, 0.1) is 12.6 Å². The van der Waals surface area contributed by atoms with Crippen molar-refractivity contribution in [3.8, 4) is 6.07 Å². The molecule has 0 saturated carbocycles. The molecule has 1 rings (SSSR count). The van der Waals surface area contributed by atoms with Crippen LogP contribution in [0.5, 0.6) is 0 Å². The minimum atomic E-state index is -0.807. The Bertz CT molecular complexity index is 318. The van der Waals surface area contributed by atoms with Crippen LogP contribution in [0.2, 0.25) is 0 Å². The molecule has 1 unspecified atom stereocenters. The molecule has 5 heteroatoms. The van der Waals surface area contributed by atoms with Gasteiger partial charge in [-0.3, -0.25) is 9.69 Å². The molecule has 17 heavy (non-hydrogen) atoms. The number of carbonyl (C=O) groups is 1. The molecule has 1 saturated heterocycles. The number of nitrogens with one attached hydrogen (secondary N) is 1. The van der Waals surface area contributed by atoms with E-state index < -0.39 is 5.54 Å². The van der Waals surface area contributed by atoms with Crippen LogP contribution in [0.3, 0.4) is 0 Å². The number of likely N-dealkylation sites (tertiary alicyclic amines) is 1. The molecule has 0 aromatic heterocycles. The number of amides is 1. The number of aliphatic hydroxyl groups excluding tert-OH is 1. The highest BCUT2D eigenvalue weighted by Crippen LogP contribution is 2.16. The Morgan fingerprint density at radius 3 is 2.65 bits per heavy atom. The van der Waals surface area contributed by atoms with Gasteiger partial charge >= 0.3 is 0 Å². The predicted molar refractivity (Wildman–Crippen MR) is 64.0 cm³/mol. The SMILES string of the molecule is CC(C)C(C)(C#N)NC(=O)CN1CC(CO)C1. The van der Waals surface area contributed by atoms with Crippen molar-refractivity contribution in [2.24, 2.45) is 11.8 Å². The number of carbonyl (C=O) groups excluding carboxylic acids is 1. The highest BCUT2D eigenvalue weighted by Gasteiger charge is 2.32. The Morgan fingerprint density at radius 2 is 2.24 bits per heavy atom. The maximum absolute atomic E-state index is 11.8. The van der Waals surface area contributed by atoms with Crippen molar-refractivity contribution in [1.29, 1.82) is 5.26 Å². The Hall–Kier alpha value is -1.12. The molecule has 96 valence electrons. The van der Waals surface area contributed by atoms with E-state index in [4.69, 9.17) is 10.4 Å². The van der Waals surface area contributed by atoms with Crippen molar-refractivity contribution in [3.05, 3.63) is 0 Å². The van der Waals surface area contributed by atoms with E-state index in [1.54, 1.807) is 6.92 Å². The smallest absolute Gasteiger partial charge is 0.235 e. The minimum absolute atomic E-state index is 0.0676. The number of hydrogen-bond acceptors (Lipinski definition) is 4. The molecule has 1 aliphatic rings. The summed E-state index contributed by atoms with van der Waals surface area (Å²) in [6.45, 7) is 7.57. The van der Waals surface area contributed by atoms with Crippen molar-refractivity contribution < 1.29 is 9.90 Å². The molecule has 0 radical (unpaired) electrons. The zero-order chi connectivity index (χ0) is 13.1. The molecule has 0 aliphatic carbocycles. The van der Waals surface area contributed by atoms with E-state index in [2.05, 4.69) is 11.4 Å². The van der Waals surface area contributed by atoms with Crippen LogP contribution in [-0.4, -0.2) is 47.7 Å². The summed E-state index contributed by atoms with van der Waals surface area (Å²) in [5.74, 6) is 0.243. The van der Waals surface area contributed by atoms with Gasteiger partial charge in [0.15, 0.2) is 0 Å². The van der Waals surface area contributed by atoms with E-state index in [-0.39, 0.29) is 18.4 Å². The maximum Gasteiger partial charge on any atom is 0.235 e. The second-order valence-corrected chi connectivity index (χ2v) is 5.26. The molecule has 0 spiro atoms. The van der Waals surface area contributed by atoms with Gasteiger partial charge in [-0.05, 0) is 12.8 Å². The number of aliphatic hydroxyl groups is 1. The first kappa shape index (κ1) is 13.9. The number of hydrogen-bond donors (Lipinski definition) is 2. The fourth-order valence-electron chi connectivity index (χ4n) is 1.76. The van der Waals surface area contributed by atoms with Crippen molar-refractivity contribution in [3.63, 3.8) is 0 Å². The lowest BCUT2D eigenvalue weighted by atomic mass is 9.90. The van der Waals surface area contributed by atoms with E-state index in [0.29, 0.717) is 12.5 Å². The largest absolute Gasteiger partial charge is 0.396 e. The lowest BCUT2D eigenvalue weighted by Crippen LogP contribution is -2.56. The molecule has 0 bridgehead atoms. The standard InChI is InChI=1S/C12H21N3O2/c1-9(2)12(3,8-13)14-11(17)6-15-4-10(5-15)7-16/h9-10,16H,4-7H2,1-3H3,(H,14,17). The van der Waals surface area contributed by atoms with Crippen LogP contribution in [0.4, 0.5) is 0 Å². The van der Waals surface area contributed by atoms with Gasteiger partial charge in [-0.15, -0.1) is 0 Å². The van der Waals surface area contributed by atoms with Crippen LogP contribution in [0.1, 0.15) is 20.8 Å². The van der Waals surface area contributed by atoms with Crippen LogP contribution in [0, 0.1) is 23.2 Å². The molecule has 1 amide bonds. The maximum atomic E-state index is 11.8. The van der Waals surface area contributed by atoms with Gasteiger partial charge in [-0.1, -0.05) is 13.8 Å². The fourth-order valence-corrected chi connectivity index (χ4v) is 1.76. The monoisotopic (exact) mass is 239 g/mol. The molecule has 1 fully saturated rings. The summed E-state index contributed by atoms with van der Waals surface area (Å²) in [4.78, 5) is 13.7. The van der Waals surface area contributed by atoms with Crippen LogP contribution in [0.15, 0.2) is 0 Å². The summed E-state index contributed by atoms with van der Waals surface area (Å²) in [6, 6.07) is 2.15. The number of nitriles is 1. The first-order valence-corrected chi connectivity index (χ1v) is 5.96. The molecular weight excluding hydrogens is 218 g/mol. The van der Waals surface area contributed by atoms with Crippen molar-refractivity contribution >= 4 is 5.91 Å². The van der Waals surface area contributed by atoms with Gasteiger partial charge in [0.2, 0.25) is 5.91 Å². The second kappa shape index (κ2) is 5.48. The van der Waals surface area contributed by atoms with Crippen molar-refractivity contribution in [2.75, 3.05) is 26.2 Å². The van der Waals surface area contributed by atoms with E-state index in [1.165, 1.54) is 0 Å². The van der Waals surface area contributed by atoms with E-state index in [0.717, 1.165) is 13.1 Å². The second-order valence-electron chi connectivity index (χ2n) is 5.26. The van der Waals surface area contributed by atoms with Gasteiger partial charge in [0.25, 0.3) is 0 Å². The summed E-state index contributed by atoms with van der Waals surface area (Å²) in [6.07, 6.45) is 0. The topological polar surface area (TPSA) is 76.4 Å². The summed E-state index contributed by atoms with van der Waals surface area (Å²) in [5.41, 5.74) is -0.807. The average Bonchev–Trinajstić information content (AvgIpc) is 2.22. The highest BCUT2D eigenvalue weighted by molar-refractivity contribution is 5.79. The molecule has 1 heterocycles. The van der Waals surface area contributed by atoms with Gasteiger partial charge in [0, 0.05) is 25.6 Å². The predicted octanol–water partition coefficient (Wildman–Crippen LogP) is -0.0350. The first-order chi connectivity index (χ1) is 7.91. The third-order valence-electron chi connectivity index (χ3n) is 3.44. The third kappa shape index (κ3) is 3.42. The summed E-state index contributed by atoms with van der Waals surface area (Å²) in [7, 11) is 0. The normalized spacial score (nSPS) is 20.5. The molecule has 1 atom stereocenters. The van der Waals surface area contributed by atoms with E-state index in [1.807, 2.05) is 18.7 Å². The Morgan fingerprint density at radius 1 is 1.65 bits per heavy atom. The van der Waals surface area contributed by atoms with Crippen LogP contribution < -0.4 is 5.32 Å². The lowest BCUT2D eigenvalue weighted by Gasteiger charge is -2.38. The average molecular weight is 239 g/mol. The Kier molecular flexibility index (Phi) is 4.49. The molecule has 2 N–H and O–H groups in total. The van der Waals surface area contributed by atoms with Gasteiger partial charge in [-0.2, -0.15) is 5.26 Å². The molecule has 0 aromatic rings. The molecule has 1 aliphatic heterocycles. The Balaban J connectivity index is 2.38. The minimum Gasteiger partial charge on any atom is -0.396 e. The van der Waals surface area contributed by atoms with E-state index in [9.17, 15) is 4.79 Å². The summed E-state index contributed by atoms with van der Waals surface area (Å²) in [5, 5.41) is 20.7. The van der Waals surface area contributed by atoms with Crippen LogP contribution >= 0.6 is 0 Å². The number of nitrogens with zero attached hydrogens (tertiary/aromatic N) is 2. The quantitative estimate of drug-likeness (QED) is 0.706. The fraction of sp³-hybridized carbons (Fsp3) is 0.833. The summed E-state index contributed by atoms with van der Waals surface area (Å²) < 4.78 is 0. The molecule has 5 nitrogen and oxygen atoms in total. The zero-order valence-corrected chi connectivity index (χ0v) is 10.7. The van der Waals surface area contributed by atoms with Gasteiger partial charge in [-0.25, -0.2) is 0 Å². The van der Waals surface area contributed by atoms with Crippen LogP contribution in [0.25, 0.3) is 0 Å². The number of rotatable bonds is 5. The lowest BCUT2D eigenvalue weighted by molar-refractivity contribution is -0.125. The van der Waals surface area contributed by atoms with Gasteiger partial charge in [0.1, 0.15) is 5.54 Å². The van der Waals surface area contributed by atoms with Crippen LogP contribution in [-0.2, 0) is 4.79 Å². The van der Waals surface area contributed by atoms with Gasteiger partial charge < -0.3 is 10.4 Å². The highest BCUT2D eigenvalue weighted by atomic mass is 16.3.